The first-order valence-corrected chi connectivity index (χ1v) is 6.84. The summed E-state index contributed by atoms with van der Waals surface area (Å²) in [5, 5.41) is 0. The molecule has 3 rings (SSSR count). The highest BCUT2D eigenvalue weighted by molar-refractivity contribution is 5.33. The van der Waals surface area contributed by atoms with Gasteiger partial charge in [0.1, 0.15) is 0 Å². The van der Waals surface area contributed by atoms with Crippen molar-refractivity contribution in [2.45, 2.75) is 39.2 Å². The average Bonchev–Trinajstić information content (AvgIpc) is 2.87. The number of imidazole rings is 1. The van der Waals surface area contributed by atoms with Crippen molar-refractivity contribution < 1.29 is 0 Å². The van der Waals surface area contributed by atoms with Gasteiger partial charge in [0.05, 0.1) is 11.7 Å². The van der Waals surface area contributed by atoms with Crippen molar-refractivity contribution in [1.82, 2.24) is 19.3 Å². The van der Waals surface area contributed by atoms with Gasteiger partial charge >= 0.3 is 0 Å². The zero-order valence-corrected chi connectivity index (χ0v) is 11.1. The molecule has 2 aromatic rings. The summed E-state index contributed by atoms with van der Waals surface area (Å²) >= 11 is 0. The molecule has 0 aromatic carbocycles. The molecule has 3 heterocycles. The Labute approximate surface area is 108 Å². The highest BCUT2D eigenvalue weighted by atomic mass is 15.2. The number of aryl methyl sites for hydroxylation is 1. The van der Waals surface area contributed by atoms with Gasteiger partial charge < -0.3 is 0 Å². The first-order chi connectivity index (χ1) is 8.79. The molecule has 0 saturated carbocycles. The lowest BCUT2D eigenvalue weighted by atomic mass is 9.99. The quantitative estimate of drug-likeness (QED) is 0.814. The lowest BCUT2D eigenvalue weighted by Crippen LogP contribution is -2.33. The van der Waals surface area contributed by atoms with E-state index in [4.69, 9.17) is 4.98 Å². The van der Waals surface area contributed by atoms with Gasteiger partial charge in [0.2, 0.25) is 5.78 Å². The molecular weight excluding hydrogens is 224 g/mol. The predicted octanol–water partition coefficient (Wildman–Crippen LogP) is 2.58. The molecule has 0 aliphatic carbocycles. The Morgan fingerprint density at radius 2 is 2.28 bits per heavy atom. The molecule has 1 atom stereocenters. The van der Waals surface area contributed by atoms with Crippen LogP contribution < -0.4 is 0 Å². The first-order valence-electron chi connectivity index (χ1n) is 6.84. The fourth-order valence-electron chi connectivity index (χ4n) is 2.96. The number of aromatic nitrogens is 3. The molecule has 1 aliphatic rings. The van der Waals surface area contributed by atoms with Crippen LogP contribution in [0.15, 0.2) is 18.5 Å². The topological polar surface area (TPSA) is 33.4 Å². The minimum atomic E-state index is 0.476. The maximum Gasteiger partial charge on any atom is 0.234 e. The maximum absolute atomic E-state index is 4.73. The molecular formula is C14H20N4. The van der Waals surface area contributed by atoms with Crippen molar-refractivity contribution in [3.05, 3.63) is 29.8 Å². The van der Waals surface area contributed by atoms with E-state index in [1.54, 1.807) is 0 Å². The molecule has 2 aromatic heterocycles. The fourth-order valence-corrected chi connectivity index (χ4v) is 2.96. The second-order valence-electron chi connectivity index (χ2n) is 5.06. The van der Waals surface area contributed by atoms with Crippen LogP contribution >= 0.6 is 0 Å². The van der Waals surface area contributed by atoms with E-state index in [2.05, 4.69) is 29.8 Å². The molecule has 1 aliphatic heterocycles. The van der Waals surface area contributed by atoms with E-state index >= 15 is 0 Å². The van der Waals surface area contributed by atoms with Crippen molar-refractivity contribution in [3.63, 3.8) is 0 Å². The van der Waals surface area contributed by atoms with E-state index in [0.717, 1.165) is 12.3 Å². The Morgan fingerprint density at radius 1 is 1.39 bits per heavy atom. The maximum atomic E-state index is 4.73. The van der Waals surface area contributed by atoms with E-state index in [-0.39, 0.29) is 0 Å². The molecule has 0 spiro atoms. The van der Waals surface area contributed by atoms with Gasteiger partial charge in [-0.2, -0.15) is 0 Å². The smallest absolute Gasteiger partial charge is 0.234 e. The summed E-state index contributed by atoms with van der Waals surface area (Å²) in [5.74, 6) is 0.826. The minimum Gasteiger partial charge on any atom is -0.295 e. The Hall–Kier alpha value is -1.42. The van der Waals surface area contributed by atoms with Gasteiger partial charge in [-0.15, -0.1) is 0 Å². The third-order valence-corrected chi connectivity index (χ3v) is 3.95. The number of piperidine rings is 1. The molecule has 18 heavy (non-hydrogen) atoms. The summed E-state index contributed by atoms with van der Waals surface area (Å²) in [7, 11) is 0. The normalized spacial score (nSPS) is 21.6. The highest BCUT2D eigenvalue weighted by Crippen LogP contribution is 2.29. The van der Waals surface area contributed by atoms with Crippen LogP contribution in [0.2, 0.25) is 0 Å². The molecule has 96 valence electrons. The summed E-state index contributed by atoms with van der Waals surface area (Å²) in [6, 6.07) is 2.69. The van der Waals surface area contributed by atoms with Crippen LogP contribution in [-0.2, 0) is 0 Å². The highest BCUT2D eigenvalue weighted by Gasteiger charge is 2.24. The van der Waals surface area contributed by atoms with E-state index in [1.807, 2.05) is 16.8 Å². The summed E-state index contributed by atoms with van der Waals surface area (Å²) in [5.41, 5.74) is 2.40. The number of fused-ring (bicyclic) bond motifs is 1. The van der Waals surface area contributed by atoms with Crippen LogP contribution in [0.5, 0.6) is 0 Å². The van der Waals surface area contributed by atoms with Crippen molar-refractivity contribution >= 4 is 5.78 Å². The van der Waals surface area contributed by atoms with Gasteiger partial charge in [0.25, 0.3) is 0 Å². The number of hydrogen-bond acceptors (Lipinski definition) is 3. The predicted molar refractivity (Wildman–Crippen MR) is 71.6 cm³/mol. The van der Waals surface area contributed by atoms with Gasteiger partial charge in [-0.25, -0.2) is 9.97 Å². The summed E-state index contributed by atoms with van der Waals surface area (Å²) in [4.78, 5) is 11.6. The molecule has 1 fully saturated rings. The minimum absolute atomic E-state index is 0.476. The van der Waals surface area contributed by atoms with Gasteiger partial charge in [-0.05, 0) is 38.9 Å². The Balaban J connectivity index is 2.01. The molecule has 4 nitrogen and oxygen atoms in total. The van der Waals surface area contributed by atoms with Crippen LogP contribution in [0.3, 0.4) is 0 Å². The van der Waals surface area contributed by atoms with Crippen molar-refractivity contribution in [2.24, 2.45) is 0 Å². The Morgan fingerprint density at radius 3 is 3.11 bits per heavy atom. The SMILES string of the molecule is CCN1CCCCC1c1cc(C)n2ccnc2n1. The van der Waals surface area contributed by atoms with Crippen molar-refractivity contribution in [3.8, 4) is 0 Å². The number of hydrogen-bond donors (Lipinski definition) is 0. The van der Waals surface area contributed by atoms with Crippen molar-refractivity contribution in [2.75, 3.05) is 13.1 Å². The zero-order valence-electron chi connectivity index (χ0n) is 11.1. The monoisotopic (exact) mass is 244 g/mol. The zero-order chi connectivity index (χ0) is 12.5. The van der Waals surface area contributed by atoms with E-state index in [9.17, 15) is 0 Å². The third kappa shape index (κ3) is 1.90. The fraction of sp³-hybridized carbons (Fsp3) is 0.571. The molecule has 4 heteroatoms. The Bertz CT molecular complexity index is 546. The molecule has 0 amide bonds. The Kier molecular flexibility index (Phi) is 3.04. The largest absolute Gasteiger partial charge is 0.295 e. The van der Waals surface area contributed by atoms with Crippen LogP contribution in [-0.4, -0.2) is 32.4 Å². The first kappa shape index (κ1) is 11.7. The van der Waals surface area contributed by atoms with Crippen LogP contribution in [0, 0.1) is 6.92 Å². The summed E-state index contributed by atoms with van der Waals surface area (Å²) in [6.45, 7) is 6.66. The lowest BCUT2D eigenvalue weighted by Gasteiger charge is -2.34. The lowest BCUT2D eigenvalue weighted by molar-refractivity contribution is 0.154. The van der Waals surface area contributed by atoms with Crippen LogP contribution in [0.1, 0.15) is 43.6 Å². The molecule has 1 unspecified atom stereocenters. The van der Waals surface area contributed by atoms with Gasteiger partial charge in [-0.3, -0.25) is 9.30 Å². The van der Waals surface area contributed by atoms with Crippen LogP contribution in [0.25, 0.3) is 5.78 Å². The average molecular weight is 244 g/mol. The van der Waals surface area contributed by atoms with Crippen LogP contribution in [0.4, 0.5) is 0 Å². The number of rotatable bonds is 2. The molecule has 0 bridgehead atoms. The third-order valence-electron chi connectivity index (χ3n) is 3.95. The van der Waals surface area contributed by atoms with Gasteiger partial charge in [0, 0.05) is 18.1 Å². The molecule has 0 radical (unpaired) electrons. The van der Waals surface area contributed by atoms with E-state index in [0.29, 0.717) is 6.04 Å². The van der Waals surface area contributed by atoms with Gasteiger partial charge in [0.15, 0.2) is 0 Å². The van der Waals surface area contributed by atoms with Gasteiger partial charge in [-0.1, -0.05) is 13.3 Å². The summed E-state index contributed by atoms with van der Waals surface area (Å²) in [6.07, 6.45) is 7.63. The second kappa shape index (κ2) is 4.69. The standard InChI is InChI=1S/C14H20N4/c1-3-17-8-5-4-6-13(17)12-10-11(2)18-9-7-15-14(18)16-12/h7,9-10,13H,3-6,8H2,1-2H3. The van der Waals surface area contributed by atoms with Crippen molar-refractivity contribution in [1.29, 1.82) is 0 Å². The van der Waals surface area contributed by atoms with E-state index < -0.39 is 0 Å². The molecule has 0 N–H and O–H groups in total. The number of likely N-dealkylation sites (tertiary alicyclic amines) is 1. The molecule has 1 saturated heterocycles. The van der Waals surface area contributed by atoms with E-state index in [1.165, 1.54) is 37.2 Å². The second-order valence-corrected chi connectivity index (χ2v) is 5.06. The summed E-state index contributed by atoms with van der Waals surface area (Å²) < 4.78 is 2.04. The number of nitrogens with zero attached hydrogens (tertiary/aromatic N) is 4.